The molecule has 1 amide bonds. The van der Waals surface area contributed by atoms with Gasteiger partial charge in [0.05, 0.1) is 6.07 Å². The topological polar surface area (TPSA) is 47.3 Å². The fraction of sp³-hybridized carbons (Fsp3) is 0.857. The molecule has 4 nitrogen and oxygen atoms in total. The molecule has 0 N–H and O–H groups in total. The van der Waals surface area contributed by atoms with E-state index in [4.69, 9.17) is 0 Å². The van der Waals surface area contributed by atoms with Crippen LogP contribution >= 0.6 is 0 Å². The van der Waals surface area contributed by atoms with Crippen LogP contribution in [0.5, 0.6) is 0 Å². The second-order valence-corrected chi connectivity index (χ2v) is 5.98. The second kappa shape index (κ2) is 4.55. The van der Waals surface area contributed by atoms with Crippen LogP contribution in [0, 0.1) is 16.7 Å². The molecule has 4 heteroatoms. The van der Waals surface area contributed by atoms with Crippen LogP contribution in [-0.2, 0) is 4.79 Å². The molecule has 1 atom stereocenters. The third kappa shape index (κ3) is 1.81. The SMILES string of the molecule is N#CC1(C(=O)N2CCCN3CCCC3C2)CCC1. The summed E-state index contributed by atoms with van der Waals surface area (Å²) in [5.41, 5.74) is -0.659. The van der Waals surface area contributed by atoms with Crippen molar-refractivity contribution in [1.29, 1.82) is 5.26 Å². The zero-order chi connectivity index (χ0) is 12.6. The molecular formula is C14H21N3O. The van der Waals surface area contributed by atoms with Crippen LogP contribution < -0.4 is 0 Å². The third-order valence-electron chi connectivity index (χ3n) is 4.92. The molecule has 1 unspecified atom stereocenters. The minimum atomic E-state index is -0.659. The third-order valence-corrected chi connectivity index (χ3v) is 4.92. The summed E-state index contributed by atoms with van der Waals surface area (Å²) in [6.45, 7) is 4.00. The summed E-state index contributed by atoms with van der Waals surface area (Å²) in [5.74, 6) is 0.116. The number of carbonyl (C=O) groups excluding carboxylic acids is 1. The number of hydrogen-bond acceptors (Lipinski definition) is 3. The van der Waals surface area contributed by atoms with Gasteiger partial charge < -0.3 is 4.90 Å². The standard InChI is InChI=1S/C14H21N3O/c15-11-14(5-2-6-14)13(18)17-9-3-8-16-7-1-4-12(16)10-17/h12H,1-10H2. The van der Waals surface area contributed by atoms with E-state index in [-0.39, 0.29) is 5.91 Å². The molecule has 3 aliphatic rings. The van der Waals surface area contributed by atoms with Gasteiger partial charge in [0.1, 0.15) is 5.41 Å². The molecule has 1 aliphatic carbocycles. The molecular weight excluding hydrogens is 226 g/mol. The van der Waals surface area contributed by atoms with E-state index < -0.39 is 5.41 Å². The van der Waals surface area contributed by atoms with Crippen molar-refractivity contribution in [1.82, 2.24) is 9.80 Å². The molecule has 0 spiro atoms. The van der Waals surface area contributed by atoms with Crippen molar-refractivity contribution >= 4 is 5.91 Å². The Hall–Kier alpha value is -1.08. The van der Waals surface area contributed by atoms with Gasteiger partial charge in [-0.05, 0) is 45.1 Å². The van der Waals surface area contributed by atoms with Crippen LogP contribution in [0.15, 0.2) is 0 Å². The van der Waals surface area contributed by atoms with Crippen molar-refractivity contribution in [3.8, 4) is 6.07 Å². The van der Waals surface area contributed by atoms with Crippen molar-refractivity contribution < 1.29 is 4.79 Å². The predicted molar refractivity (Wildman–Crippen MR) is 67.7 cm³/mol. The van der Waals surface area contributed by atoms with E-state index in [1.807, 2.05) is 4.90 Å². The maximum atomic E-state index is 12.6. The van der Waals surface area contributed by atoms with Crippen molar-refractivity contribution in [2.45, 2.75) is 44.6 Å². The molecule has 3 fully saturated rings. The Labute approximate surface area is 109 Å². The smallest absolute Gasteiger partial charge is 0.243 e. The number of nitrogens with zero attached hydrogens (tertiary/aromatic N) is 3. The van der Waals surface area contributed by atoms with Crippen LogP contribution in [0.4, 0.5) is 0 Å². The number of carbonyl (C=O) groups is 1. The van der Waals surface area contributed by atoms with Gasteiger partial charge in [0.15, 0.2) is 0 Å². The minimum Gasteiger partial charge on any atom is -0.340 e. The molecule has 2 aliphatic heterocycles. The highest BCUT2D eigenvalue weighted by atomic mass is 16.2. The van der Waals surface area contributed by atoms with Crippen LogP contribution in [0.1, 0.15) is 38.5 Å². The maximum Gasteiger partial charge on any atom is 0.243 e. The molecule has 0 aromatic carbocycles. The van der Waals surface area contributed by atoms with Gasteiger partial charge in [-0.1, -0.05) is 0 Å². The first-order chi connectivity index (χ1) is 8.75. The molecule has 0 radical (unpaired) electrons. The lowest BCUT2D eigenvalue weighted by atomic mass is 9.69. The highest BCUT2D eigenvalue weighted by molar-refractivity contribution is 5.86. The summed E-state index contributed by atoms with van der Waals surface area (Å²) in [6, 6.07) is 2.84. The Morgan fingerprint density at radius 1 is 1.17 bits per heavy atom. The summed E-state index contributed by atoms with van der Waals surface area (Å²) >= 11 is 0. The zero-order valence-corrected chi connectivity index (χ0v) is 10.9. The first-order valence-corrected chi connectivity index (χ1v) is 7.20. The first kappa shape index (κ1) is 12.0. The van der Waals surface area contributed by atoms with Crippen molar-refractivity contribution in [2.75, 3.05) is 26.2 Å². The Bertz CT molecular complexity index is 383. The number of amides is 1. The van der Waals surface area contributed by atoms with Crippen LogP contribution in [0.2, 0.25) is 0 Å². The minimum absolute atomic E-state index is 0.116. The van der Waals surface area contributed by atoms with E-state index in [1.165, 1.54) is 19.4 Å². The van der Waals surface area contributed by atoms with Crippen molar-refractivity contribution in [3.05, 3.63) is 0 Å². The van der Waals surface area contributed by atoms with Gasteiger partial charge in [-0.15, -0.1) is 0 Å². The number of rotatable bonds is 1. The Balaban J connectivity index is 1.72. The molecule has 0 bridgehead atoms. The molecule has 3 rings (SSSR count). The Morgan fingerprint density at radius 2 is 1.94 bits per heavy atom. The van der Waals surface area contributed by atoms with Crippen LogP contribution in [0.3, 0.4) is 0 Å². The highest BCUT2D eigenvalue weighted by Gasteiger charge is 2.47. The largest absolute Gasteiger partial charge is 0.340 e. The zero-order valence-electron chi connectivity index (χ0n) is 10.9. The fourth-order valence-electron chi connectivity index (χ4n) is 3.60. The molecule has 2 heterocycles. The first-order valence-electron chi connectivity index (χ1n) is 7.20. The van der Waals surface area contributed by atoms with Gasteiger partial charge in [-0.3, -0.25) is 9.69 Å². The Kier molecular flexibility index (Phi) is 3.03. The highest BCUT2D eigenvalue weighted by Crippen LogP contribution is 2.42. The van der Waals surface area contributed by atoms with Gasteiger partial charge in [0, 0.05) is 25.7 Å². The van der Waals surface area contributed by atoms with E-state index in [2.05, 4.69) is 11.0 Å². The summed E-state index contributed by atoms with van der Waals surface area (Å²) in [4.78, 5) is 17.1. The van der Waals surface area contributed by atoms with Gasteiger partial charge in [-0.25, -0.2) is 0 Å². The second-order valence-electron chi connectivity index (χ2n) is 5.98. The van der Waals surface area contributed by atoms with Crippen LogP contribution in [0.25, 0.3) is 0 Å². The maximum absolute atomic E-state index is 12.6. The number of nitriles is 1. The Morgan fingerprint density at radius 3 is 2.61 bits per heavy atom. The van der Waals surface area contributed by atoms with Crippen molar-refractivity contribution in [3.63, 3.8) is 0 Å². The van der Waals surface area contributed by atoms with E-state index in [0.29, 0.717) is 6.04 Å². The molecule has 0 aromatic rings. The lowest BCUT2D eigenvalue weighted by Crippen LogP contribution is -2.49. The quantitative estimate of drug-likeness (QED) is 0.703. The van der Waals surface area contributed by atoms with Gasteiger partial charge in [0.25, 0.3) is 0 Å². The molecule has 18 heavy (non-hydrogen) atoms. The summed E-state index contributed by atoms with van der Waals surface area (Å²) in [6.07, 6.45) is 6.10. The van der Waals surface area contributed by atoms with E-state index in [1.54, 1.807) is 0 Å². The number of fused-ring (bicyclic) bond motifs is 1. The lowest BCUT2D eigenvalue weighted by molar-refractivity contribution is -0.143. The van der Waals surface area contributed by atoms with Gasteiger partial charge in [0.2, 0.25) is 5.91 Å². The summed E-state index contributed by atoms with van der Waals surface area (Å²) in [5, 5.41) is 9.29. The summed E-state index contributed by atoms with van der Waals surface area (Å²) in [7, 11) is 0. The van der Waals surface area contributed by atoms with E-state index in [9.17, 15) is 10.1 Å². The fourth-order valence-corrected chi connectivity index (χ4v) is 3.60. The lowest BCUT2D eigenvalue weighted by Gasteiger charge is -2.38. The van der Waals surface area contributed by atoms with Gasteiger partial charge in [-0.2, -0.15) is 5.26 Å². The molecule has 1 saturated carbocycles. The average molecular weight is 247 g/mol. The molecule has 0 aromatic heterocycles. The van der Waals surface area contributed by atoms with Crippen molar-refractivity contribution in [2.24, 2.45) is 5.41 Å². The molecule has 2 saturated heterocycles. The predicted octanol–water partition coefficient (Wildman–Crippen LogP) is 1.38. The normalized spacial score (nSPS) is 31.1. The average Bonchev–Trinajstić information content (AvgIpc) is 2.66. The molecule has 98 valence electrons. The van der Waals surface area contributed by atoms with Gasteiger partial charge >= 0.3 is 0 Å². The number of hydrogen-bond donors (Lipinski definition) is 0. The van der Waals surface area contributed by atoms with E-state index in [0.717, 1.165) is 45.3 Å². The van der Waals surface area contributed by atoms with E-state index >= 15 is 0 Å². The van der Waals surface area contributed by atoms with Crippen LogP contribution in [-0.4, -0.2) is 47.9 Å². The summed E-state index contributed by atoms with van der Waals surface area (Å²) < 4.78 is 0. The monoisotopic (exact) mass is 247 g/mol.